The zero-order valence-corrected chi connectivity index (χ0v) is 12.6. The molecule has 1 amide bonds. The van der Waals surface area contributed by atoms with E-state index in [4.69, 9.17) is 33.2 Å². The van der Waals surface area contributed by atoms with Crippen molar-refractivity contribution < 1.29 is 13.9 Å². The van der Waals surface area contributed by atoms with Crippen LogP contribution >= 0.6 is 23.2 Å². The van der Waals surface area contributed by atoms with Gasteiger partial charge in [0, 0.05) is 11.8 Å². The molecular formula is C15H9Cl2FN2O2. The second kappa shape index (κ2) is 7.12. The fourth-order valence-corrected chi connectivity index (χ4v) is 1.99. The van der Waals surface area contributed by atoms with Crippen molar-refractivity contribution in [1.82, 2.24) is 0 Å². The maximum atomic E-state index is 13.0. The van der Waals surface area contributed by atoms with Crippen LogP contribution in [0.2, 0.25) is 10.0 Å². The third kappa shape index (κ3) is 4.10. The molecule has 2 aromatic carbocycles. The van der Waals surface area contributed by atoms with Crippen LogP contribution in [0.1, 0.15) is 5.56 Å². The largest absolute Gasteiger partial charge is 0.484 e. The van der Waals surface area contributed by atoms with E-state index in [9.17, 15) is 9.18 Å². The van der Waals surface area contributed by atoms with Crippen molar-refractivity contribution in [3.63, 3.8) is 0 Å². The second-order valence-electron chi connectivity index (χ2n) is 4.22. The monoisotopic (exact) mass is 338 g/mol. The quantitative estimate of drug-likeness (QED) is 0.915. The molecule has 4 nitrogen and oxygen atoms in total. The molecule has 2 aromatic rings. The average molecular weight is 339 g/mol. The molecule has 0 aliphatic carbocycles. The van der Waals surface area contributed by atoms with Crippen LogP contribution in [0.3, 0.4) is 0 Å². The molecule has 0 unspecified atom stereocenters. The van der Waals surface area contributed by atoms with Crippen LogP contribution in [0.4, 0.5) is 10.1 Å². The highest BCUT2D eigenvalue weighted by Crippen LogP contribution is 2.22. The van der Waals surface area contributed by atoms with E-state index in [2.05, 4.69) is 5.32 Å². The maximum Gasteiger partial charge on any atom is 0.262 e. The van der Waals surface area contributed by atoms with Crippen molar-refractivity contribution >= 4 is 34.8 Å². The number of ether oxygens (including phenoxy) is 1. The molecule has 0 aliphatic rings. The minimum absolute atomic E-state index is 0.0863. The van der Waals surface area contributed by atoms with Crippen LogP contribution in [-0.2, 0) is 4.79 Å². The van der Waals surface area contributed by atoms with Gasteiger partial charge in [-0.2, -0.15) is 5.26 Å². The first-order chi connectivity index (χ1) is 10.5. The van der Waals surface area contributed by atoms with Crippen LogP contribution in [0.15, 0.2) is 36.4 Å². The van der Waals surface area contributed by atoms with E-state index in [-0.39, 0.29) is 22.4 Å². The fourth-order valence-electron chi connectivity index (χ4n) is 1.60. The predicted molar refractivity (Wildman–Crippen MR) is 81.7 cm³/mol. The van der Waals surface area contributed by atoms with Crippen molar-refractivity contribution in [2.75, 3.05) is 11.9 Å². The van der Waals surface area contributed by atoms with Crippen molar-refractivity contribution in [2.45, 2.75) is 0 Å². The van der Waals surface area contributed by atoms with Gasteiger partial charge < -0.3 is 10.1 Å². The van der Waals surface area contributed by atoms with Gasteiger partial charge in [0.2, 0.25) is 0 Å². The number of nitrogens with one attached hydrogen (secondary N) is 1. The standard InChI is InChI=1S/C15H9Cl2FN2O2/c16-12-5-10(2-1-9(12)7-19)20-15(21)8-22-11-3-4-14(18)13(17)6-11/h1-6H,8H2,(H,20,21). The van der Waals surface area contributed by atoms with E-state index in [0.717, 1.165) is 6.07 Å². The molecule has 2 rings (SSSR count). The molecule has 112 valence electrons. The van der Waals surface area contributed by atoms with Crippen LogP contribution in [0, 0.1) is 17.1 Å². The van der Waals surface area contributed by atoms with E-state index >= 15 is 0 Å². The Balaban J connectivity index is 1.94. The summed E-state index contributed by atoms with van der Waals surface area (Å²) < 4.78 is 18.2. The zero-order valence-electron chi connectivity index (χ0n) is 11.1. The Morgan fingerprint density at radius 2 is 2.00 bits per heavy atom. The highest BCUT2D eigenvalue weighted by Gasteiger charge is 2.07. The first-order valence-corrected chi connectivity index (χ1v) is 6.82. The predicted octanol–water partition coefficient (Wildman–Crippen LogP) is 4.02. The normalized spacial score (nSPS) is 9.91. The van der Waals surface area contributed by atoms with E-state index in [1.54, 1.807) is 6.07 Å². The van der Waals surface area contributed by atoms with Crippen molar-refractivity contribution in [1.29, 1.82) is 5.26 Å². The number of anilines is 1. The highest BCUT2D eigenvalue weighted by molar-refractivity contribution is 6.32. The molecule has 0 aromatic heterocycles. The molecule has 0 aliphatic heterocycles. The van der Waals surface area contributed by atoms with Gasteiger partial charge >= 0.3 is 0 Å². The molecule has 0 atom stereocenters. The SMILES string of the molecule is N#Cc1ccc(NC(=O)COc2ccc(F)c(Cl)c2)cc1Cl. The number of rotatable bonds is 4. The number of carbonyl (C=O) groups excluding carboxylic acids is 1. The van der Waals surface area contributed by atoms with Gasteiger partial charge in [-0.3, -0.25) is 4.79 Å². The first-order valence-electron chi connectivity index (χ1n) is 6.07. The smallest absolute Gasteiger partial charge is 0.262 e. The lowest BCUT2D eigenvalue weighted by molar-refractivity contribution is -0.118. The van der Waals surface area contributed by atoms with Crippen LogP contribution in [0.25, 0.3) is 0 Å². The van der Waals surface area contributed by atoms with E-state index in [0.29, 0.717) is 11.3 Å². The number of benzene rings is 2. The Labute approximate surface area is 136 Å². The Hall–Kier alpha value is -2.29. The van der Waals surface area contributed by atoms with Gasteiger partial charge in [0.05, 0.1) is 15.6 Å². The summed E-state index contributed by atoms with van der Waals surface area (Å²) in [6.07, 6.45) is 0. The maximum absolute atomic E-state index is 13.0. The summed E-state index contributed by atoms with van der Waals surface area (Å²) in [5.41, 5.74) is 0.756. The molecule has 0 heterocycles. The van der Waals surface area contributed by atoms with Crippen LogP contribution < -0.4 is 10.1 Å². The Bertz CT molecular complexity index is 760. The van der Waals surface area contributed by atoms with Gasteiger partial charge in [-0.05, 0) is 30.3 Å². The average Bonchev–Trinajstić information content (AvgIpc) is 2.49. The van der Waals surface area contributed by atoms with E-state index < -0.39 is 11.7 Å². The molecule has 0 saturated heterocycles. The summed E-state index contributed by atoms with van der Waals surface area (Å²) in [4.78, 5) is 11.8. The van der Waals surface area contributed by atoms with Gasteiger partial charge in [0.15, 0.2) is 6.61 Å². The molecule has 0 spiro atoms. The molecule has 22 heavy (non-hydrogen) atoms. The van der Waals surface area contributed by atoms with Crippen LogP contribution in [-0.4, -0.2) is 12.5 Å². The fraction of sp³-hybridized carbons (Fsp3) is 0.0667. The molecule has 0 saturated carbocycles. The van der Waals surface area contributed by atoms with E-state index in [1.165, 1.54) is 24.3 Å². The third-order valence-electron chi connectivity index (χ3n) is 2.63. The number of hydrogen-bond donors (Lipinski definition) is 1. The summed E-state index contributed by atoms with van der Waals surface area (Å²) in [7, 11) is 0. The highest BCUT2D eigenvalue weighted by atomic mass is 35.5. The van der Waals surface area contributed by atoms with Gasteiger partial charge in [0.25, 0.3) is 5.91 Å². The number of carbonyl (C=O) groups is 1. The number of halogens is 3. The van der Waals surface area contributed by atoms with Crippen molar-refractivity contribution in [3.05, 3.63) is 57.8 Å². The number of nitriles is 1. The van der Waals surface area contributed by atoms with Crippen molar-refractivity contribution in [3.8, 4) is 11.8 Å². The van der Waals surface area contributed by atoms with Crippen LogP contribution in [0.5, 0.6) is 5.75 Å². The third-order valence-corrected chi connectivity index (χ3v) is 3.24. The van der Waals surface area contributed by atoms with Gasteiger partial charge in [-0.15, -0.1) is 0 Å². The summed E-state index contributed by atoms with van der Waals surface area (Å²) in [5, 5.41) is 11.5. The molecule has 1 N–H and O–H groups in total. The summed E-state index contributed by atoms with van der Waals surface area (Å²) in [5.74, 6) is -0.716. The molecular weight excluding hydrogens is 330 g/mol. The lowest BCUT2D eigenvalue weighted by atomic mass is 10.2. The lowest BCUT2D eigenvalue weighted by Crippen LogP contribution is -2.20. The lowest BCUT2D eigenvalue weighted by Gasteiger charge is -2.08. The number of amides is 1. The Kier molecular flexibility index (Phi) is 5.21. The Morgan fingerprint density at radius 1 is 1.23 bits per heavy atom. The number of nitrogens with zero attached hydrogens (tertiary/aromatic N) is 1. The van der Waals surface area contributed by atoms with Gasteiger partial charge in [0.1, 0.15) is 17.6 Å². The van der Waals surface area contributed by atoms with E-state index in [1.807, 2.05) is 6.07 Å². The Morgan fingerprint density at radius 3 is 2.64 bits per heavy atom. The first kappa shape index (κ1) is 16.1. The zero-order chi connectivity index (χ0) is 16.1. The minimum atomic E-state index is -0.564. The van der Waals surface area contributed by atoms with Crippen molar-refractivity contribution in [2.24, 2.45) is 0 Å². The topological polar surface area (TPSA) is 62.1 Å². The summed E-state index contributed by atoms with van der Waals surface area (Å²) in [6.45, 7) is -0.278. The summed E-state index contributed by atoms with van der Waals surface area (Å²) in [6, 6.07) is 10.2. The minimum Gasteiger partial charge on any atom is -0.484 e. The van der Waals surface area contributed by atoms with Gasteiger partial charge in [-0.25, -0.2) is 4.39 Å². The molecule has 7 heteroatoms. The summed E-state index contributed by atoms with van der Waals surface area (Å²) >= 11 is 11.5. The van der Waals surface area contributed by atoms with Gasteiger partial charge in [-0.1, -0.05) is 23.2 Å². The molecule has 0 bridgehead atoms. The second-order valence-corrected chi connectivity index (χ2v) is 5.03. The molecule has 0 radical (unpaired) electrons. The molecule has 0 fully saturated rings. The number of hydrogen-bond acceptors (Lipinski definition) is 3.